The third kappa shape index (κ3) is 1.84. The van der Waals surface area contributed by atoms with Gasteiger partial charge in [0.1, 0.15) is 0 Å². The minimum atomic E-state index is -0.0640. The van der Waals surface area contributed by atoms with E-state index in [1.807, 2.05) is 0 Å². The highest BCUT2D eigenvalue weighted by molar-refractivity contribution is 5.09. The molecule has 2 N–H and O–H groups in total. The summed E-state index contributed by atoms with van der Waals surface area (Å²) in [5, 5.41) is 21.0. The second-order valence-corrected chi connectivity index (χ2v) is 9.16. The van der Waals surface area contributed by atoms with Crippen LogP contribution in [0.25, 0.3) is 0 Å². The molecule has 4 aliphatic rings. The lowest BCUT2D eigenvalue weighted by Gasteiger charge is -2.61. The average Bonchev–Trinajstić information content (AvgIpc) is 2.75. The quantitative estimate of drug-likeness (QED) is 0.714. The van der Waals surface area contributed by atoms with Gasteiger partial charge in [-0.15, -0.1) is 0 Å². The Labute approximate surface area is 129 Å². The third-order valence-electron chi connectivity index (χ3n) is 8.57. The van der Waals surface area contributed by atoms with Crippen molar-refractivity contribution in [1.29, 1.82) is 0 Å². The molecule has 0 heterocycles. The summed E-state index contributed by atoms with van der Waals surface area (Å²) in [6, 6.07) is 0. The van der Waals surface area contributed by atoms with Crippen molar-refractivity contribution >= 4 is 0 Å². The molecule has 8 atom stereocenters. The summed E-state index contributed by atoms with van der Waals surface area (Å²) in [7, 11) is 0. The molecule has 0 aromatic carbocycles. The molecule has 3 unspecified atom stereocenters. The van der Waals surface area contributed by atoms with Crippen LogP contribution in [0.2, 0.25) is 0 Å². The van der Waals surface area contributed by atoms with Crippen molar-refractivity contribution in [2.45, 2.75) is 83.8 Å². The molecule has 0 radical (unpaired) electrons. The fourth-order valence-corrected chi connectivity index (χ4v) is 7.35. The van der Waals surface area contributed by atoms with Crippen LogP contribution >= 0.6 is 0 Å². The van der Waals surface area contributed by atoms with Crippen molar-refractivity contribution < 1.29 is 10.2 Å². The van der Waals surface area contributed by atoms with Gasteiger partial charge in [-0.1, -0.05) is 20.3 Å². The normalized spacial score (nSPS) is 60.0. The maximum atomic E-state index is 10.5. The molecule has 4 aliphatic carbocycles. The Bertz CT molecular complexity index is 422. The molecule has 0 saturated heterocycles. The summed E-state index contributed by atoms with van der Waals surface area (Å²) in [6.45, 7) is 4.85. The first-order valence-electron chi connectivity index (χ1n) is 9.33. The van der Waals surface area contributed by atoms with Crippen LogP contribution in [0.1, 0.15) is 71.6 Å². The fraction of sp³-hybridized carbons (Fsp3) is 1.00. The summed E-state index contributed by atoms with van der Waals surface area (Å²) in [5.41, 5.74) is 0.563. The van der Waals surface area contributed by atoms with Gasteiger partial charge in [0, 0.05) is 0 Å². The molecule has 2 heteroatoms. The Morgan fingerprint density at radius 3 is 2.24 bits per heavy atom. The standard InChI is InChI=1S/C19H32O2/c1-18-10-3-4-16(20)15(18)6-5-12-13-7-8-17(21)19(13,2)11-9-14(12)18/h12-17,20-21H,3-11H2,1-2H3/t12-,13-,14-,15?,16?,17?,18+,19-/m0/s1. The Balaban J connectivity index is 1.65. The predicted octanol–water partition coefficient (Wildman–Crippen LogP) is 3.75. The van der Waals surface area contributed by atoms with E-state index in [0.29, 0.717) is 11.3 Å². The molecular weight excluding hydrogens is 260 g/mol. The molecule has 0 aromatic rings. The maximum absolute atomic E-state index is 10.5. The molecule has 4 saturated carbocycles. The van der Waals surface area contributed by atoms with E-state index in [1.54, 1.807) is 0 Å². The molecular formula is C19H32O2. The average molecular weight is 292 g/mol. The van der Waals surface area contributed by atoms with Crippen molar-refractivity contribution in [3.05, 3.63) is 0 Å². The molecule has 4 rings (SSSR count). The number of hydrogen-bond acceptors (Lipinski definition) is 2. The van der Waals surface area contributed by atoms with Crippen LogP contribution in [0, 0.1) is 34.5 Å². The Morgan fingerprint density at radius 2 is 1.43 bits per heavy atom. The minimum Gasteiger partial charge on any atom is -0.393 e. The first-order valence-corrected chi connectivity index (χ1v) is 9.33. The lowest BCUT2D eigenvalue weighted by Crippen LogP contribution is -2.55. The molecule has 120 valence electrons. The number of aliphatic hydroxyl groups is 2. The van der Waals surface area contributed by atoms with Gasteiger partial charge in [-0.2, -0.15) is 0 Å². The second-order valence-electron chi connectivity index (χ2n) is 9.16. The summed E-state index contributed by atoms with van der Waals surface area (Å²) < 4.78 is 0. The molecule has 2 nitrogen and oxygen atoms in total. The number of fused-ring (bicyclic) bond motifs is 5. The van der Waals surface area contributed by atoms with Gasteiger partial charge in [-0.05, 0) is 85.9 Å². The summed E-state index contributed by atoms with van der Waals surface area (Å²) >= 11 is 0. The van der Waals surface area contributed by atoms with Gasteiger partial charge in [0.05, 0.1) is 12.2 Å². The summed E-state index contributed by atoms with van der Waals surface area (Å²) in [6.07, 6.45) is 10.7. The van der Waals surface area contributed by atoms with E-state index >= 15 is 0 Å². The van der Waals surface area contributed by atoms with E-state index in [4.69, 9.17) is 0 Å². The summed E-state index contributed by atoms with van der Waals surface area (Å²) in [4.78, 5) is 0. The molecule has 0 amide bonds. The van der Waals surface area contributed by atoms with Gasteiger partial charge < -0.3 is 10.2 Å². The molecule has 4 fully saturated rings. The Morgan fingerprint density at radius 1 is 0.714 bits per heavy atom. The van der Waals surface area contributed by atoms with Crippen LogP contribution in [0.4, 0.5) is 0 Å². The summed E-state index contributed by atoms with van der Waals surface area (Å²) in [5.74, 6) is 2.90. The number of rotatable bonds is 0. The molecule has 0 aromatic heterocycles. The molecule has 0 bridgehead atoms. The smallest absolute Gasteiger partial charge is 0.0596 e. The SMILES string of the molecule is C[C@]12CCCC(O)C1CC[C@@H]1[C@@H]2CC[C@]2(C)C(O)CC[C@@H]12. The van der Waals surface area contributed by atoms with Gasteiger partial charge >= 0.3 is 0 Å². The van der Waals surface area contributed by atoms with Crippen LogP contribution in [0.15, 0.2) is 0 Å². The maximum Gasteiger partial charge on any atom is 0.0596 e. The first kappa shape index (κ1) is 14.5. The van der Waals surface area contributed by atoms with Crippen molar-refractivity contribution in [3.63, 3.8) is 0 Å². The van der Waals surface area contributed by atoms with Crippen LogP contribution in [0.3, 0.4) is 0 Å². The zero-order valence-electron chi connectivity index (χ0n) is 13.7. The zero-order valence-corrected chi connectivity index (χ0v) is 13.7. The highest BCUT2D eigenvalue weighted by Crippen LogP contribution is 2.66. The van der Waals surface area contributed by atoms with Gasteiger partial charge in [0.25, 0.3) is 0 Å². The fourth-order valence-electron chi connectivity index (χ4n) is 7.35. The van der Waals surface area contributed by atoms with E-state index < -0.39 is 0 Å². The van der Waals surface area contributed by atoms with Crippen molar-refractivity contribution in [2.24, 2.45) is 34.5 Å². The topological polar surface area (TPSA) is 40.5 Å². The van der Waals surface area contributed by atoms with Crippen molar-refractivity contribution in [3.8, 4) is 0 Å². The zero-order chi connectivity index (χ0) is 14.8. The molecule has 21 heavy (non-hydrogen) atoms. The second kappa shape index (κ2) is 4.71. The molecule has 0 aliphatic heterocycles. The van der Waals surface area contributed by atoms with E-state index in [0.717, 1.165) is 30.6 Å². The van der Waals surface area contributed by atoms with E-state index in [-0.39, 0.29) is 17.6 Å². The van der Waals surface area contributed by atoms with Crippen molar-refractivity contribution in [1.82, 2.24) is 0 Å². The Hall–Kier alpha value is -0.0800. The predicted molar refractivity (Wildman–Crippen MR) is 83.7 cm³/mol. The van der Waals surface area contributed by atoms with E-state index in [2.05, 4.69) is 13.8 Å². The van der Waals surface area contributed by atoms with Crippen molar-refractivity contribution in [2.75, 3.05) is 0 Å². The van der Waals surface area contributed by atoms with E-state index in [9.17, 15) is 10.2 Å². The number of hydrogen-bond donors (Lipinski definition) is 2. The lowest BCUT2D eigenvalue weighted by atomic mass is 9.45. The van der Waals surface area contributed by atoms with Gasteiger partial charge in [0.15, 0.2) is 0 Å². The van der Waals surface area contributed by atoms with Gasteiger partial charge in [-0.3, -0.25) is 0 Å². The monoisotopic (exact) mass is 292 g/mol. The Kier molecular flexibility index (Phi) is 3.25. The van der Waals surface area contributed by atoms with Crippen LogP contribution < -0.4 is 0 Å². The highest BCUT2D eigenvalue weighted by Gasteiger charge is 2.60. The van der Waals surface area contributed by atoms with Crippen LogP contribution in [-0.4, -0.2) is 22.4 Å². The van der Waals surface area contributed by atoms with Crippen LogP contribution in [-0.2, 0) is 0 Å². The number of aliphatic hydroxyl groups excluding tert-OH is 2. The lowest BCUT2D eigenvalue weighted by molar-refractivity contribution is -0.149. The largest absolute Gasteiger partial charge is 0.393 e. The van der Waals surface area contributed by atoms with Gasteiger partial charge in [0.2, 0.25) is 0 Å². The van der Waals surface area contributed by atoms with Gasteiger partial charge in [-0.25, -0.2) is 0 Å². The van der Waals surface area contributed by atoms with E-state index in [1.165, 1.54) is 44.9 Å². The molecule has 0 spiro atoms. The van der Waals surface area contributed by atoms with Crippen LogP contribution in [0.5, 0.6) is 0 Å². The first-order chi connectivity index (χ1) is 9.97. The third-order valence-corrected chi connectivity index (χ3v) is 8.57. The highest BCUT2D eigenvalue weighted by atomic mass is 16.3. The minimum absolute atomic E-state index is 0.0489.